The van der Waals surface area contributed by atoms with Crippen molar-refractivity contribution in [2.24, 2.45) is 0 Å². The Balaban J connectivity index is 2.63. The Morgan fingerprint density at radius 3 is 2.55 bits per heavy atom. The van der Waals surface area contributed by atoms with Crippen LogP contribution in [0.3, 0.4) is 0 Å². The van der Waals surface area contributed by atoms with Gasteiger partial charge in [0.15, 0.2) is 0 Å². The Labute approximate surface area is 132 Å². The number of ether oxygens (including phenoxy) is 1. The molecule has 0 aliphatic carbocycles. The molecule has 3 nitrogen and oxygen atoms in total. The van der Waals surface area contributed by atoms with Gasteiger partial charge in [-0.2, -0.15) is 0 Å². The molecule has 1 N–H and O–H groups in total. The van der Waals surface area contributed by atoms with Gasteiger partial charge in [0.1, 0.15) is 5.75 Å². The molecular weight excluding hydrogens is 295 g/mol. The average Bonchev–Trinajstić information content (AvgIpc) is 2.32. The highest BCUT2D eigenvalue weighted by molar-refractivity contribution is 6.35. The minimum absolute atomic E-state index is 0.0844. The maximum atomic E-state index is 6.22. The fourth-order valence-electron chi connectivity index (χ4n) is 1.86. The van der Waals surface area contributed by atoms with Gasteiger partial charge in [-0.15, -0.1) is 0 Å². The lowest BCUT2D eigenvalue weighted by molar-refractivity contribution is 0.239. The van der Waals surface area contributed by atoms with Crippen LogP contribution in [0.2, 0.25) is 10.0 Å². The van der Waals surface area contributed by atoms with Gasteiger partial charge in [0.2, 0.25) is 0 Å². The summed E-state index contributed by atoms with van der Waals surface area (Å²) in [7, 11) is 4.15. The predicted octanol–water partition coefficient (Wildman–Crippen LogP) is 3.82. The van der Waals surface area contributed by atoms with Gasteiger partial charge in [-0.3, -0.25) is 0 Å². The van der Waals surface area contributed by atoms with E-state index in [2.05, 4.69) is 24.3 Å². The summed E-state index contributed by atoms with van der Waals surface area (Å²) in [5.41, 5.74) is 1.00. The van der Waals surface area contributed by atoms with Crippen molar-refractivity contribution in [1.29, 1.82) is 0 Å². The first-order valence-electron chi connectivity index (χ1n) is 6.90. The summed E-state index contributed by atoms with van der Waals surface area (Å²) < 4.78 is 5.79. The molecule has 0 unspecified atom stereocenters. The second kappa shape index (κ2) is 8.73. The Morgan fingerprint density at radius 2 is 1.95 bits per heavy atom. The maximum absolute atomic E-state index is 6.22. The number of nitrogens with one attached hydrogen (secondary N) is 1. The molecule has 20 heavy (non-hydrogen) atoms. The van der Waals surface area contributed by atoms with E-state index in [1.54, 1.807) is 6.07 Å². The van der Waals surface area contributed by atoms with Crippen molar-refractivity contribution < 1.29 is 4.74 Å². The topological polar surface area (TPSA) is 24.5 Å². The molecule has 0 saturated carbocycles. The van der Waals surface area contributed by atoms with Crippen molar-refractivity contribution >= 4 is 23.2 Å². The molecular formula is C15H24Cl2N2O. The van der Waals surface area contributed by atoms with E-state index in [0.29, 0.717) is 16.6 Å². The summed E-state index contributed by atoms with van der Waals surface area (Å²) >= 11 is 12.3. The zero-order chi connectivity index (χ0) is 15.1. The summed E-state index contributed by atoms with van der Waals surface area (Å²) in [5, 5.41) is 4.60. The molecule has 1 aromatic rings. The average molecular weight is 319 g/mol. The second-order valence-corrected chi connectivity index (χ2v) is 6.22. The van der Waals surface area contributed by atoms with Gasteiger partial charge in [-0.05, 0) is 59.6 Å². The maximum Gasteiger partial charge on any atom is 0.142 e. The molecule has 0 bridgehead atoms. The molecule has 1 rings (SSSR count). The molecule has 0 amide bonds. The van der Waals surface area contributed by atoms with Crippen molar-refractivity contribution in [3.63, 3.8) is 0 Å². The van der Waals surface area contributed by atoms with Crippen LogP contribution < -0.4 is 10.1 Å². The summed E-state index contributed by atoms with van der Waals surface area (Å²) in [4.78, 5) is 2.17. The van der Waals surface area contributed by atoms with E-state index >= 15 is 0 Å². The molecule has 0 heterocycles. The molecule has 0 atom stereocenters. The third-order valence-corrected chi connectivity index (χ3v) is 3.21. The van der Waals surface area contributed by atoms with Gasteiger partial charge in [0.25, 0.3) is 0 Å². The van der Waals surface area contributed by atoms with Gasteiger partial charge < -0.3 is 15.0 Å². The number of rotatable bonds is 8. The van der Waals surface area contributed by atoms with Crippen molar-refractivity contribution in [3.05, 3.63) is 27.7 Å². The summed E-state index contributed by atoms with van der Waals surface area (Å²) in [5.74, 6) is 0.728. The van der Waals surface area contributed by atoms with Gasteiger partial charge in [-0.1, -0.05) is 23.2 Å². The van der Waals surface area contributed by atoms with Crippen LogP contribution in [-0.4, -0.2) is 38.2 Å². The number of hydrogen-bond acceptors (Lipinski definition) is 3. The Morgan fingerprint density at radius 1 is 1.25 bits per heavy atom. The standard InChI is InChI=1S/C15H24Cl2N2O/c1-11(2)20-15-12(8-13(16)9-14(15)17)10-18-6-5-7-19(3)4/h8-9,11,18H,5-7,10H2,1-4H3. The van der Waals surface area contributed by atoms with E-state index in [1.165, 1.54) is 0 Å². The third kappa shape index (κ3) is 6.31. The van der Waals surface area contributed by atoms with Gasteiger partial charge in [0.05, 0.1) is 11.1 Å². The zero-order valence-corrected chi connectivity index (χ0v) is 14.2. The lowest BCUT2D eigenvalue weighted by Crippen LogP contribution is -2.21. The van der Waals surface area contributed by atoms with E-state index in [0.717, 1.165) is 30.8 Å². The van der Waals surface area contributed by atoms with Crippen molar-refractivity contribution in [2.45, 2.75) is 32.9 Å². The van der Waals surface area contributed by atoms with Crippen LogP contribution in [-0.2, 0) is 6.54 Å². The van der Waals surface area contributed by atoms with Gasteiger partial charge in [0, 0.05) is 17.1 Å². The molecule has 0 aliphatic rings. The van der Waals surface area contributed by atoms with Crippen molar-refractivity contribution in [1.82, 2.24) is 10.2 Å². The van der Waals surface area contributed by atoms with Crippen LogP contribution in [0.25, 0.3) is 0 Å². The monoisotopic (exact) mass is 318 g/mol. The predicted molar refractivity (Wildman–Crippen MR) is 87.1 cm³/mol. The zero-order valence-electron chi connectivity index (χ0n) is 12.7. The lowest BCUT2D eigenvalue weighted by Gasteiger charge is -2.17. The highest BCUT2D eigenvalue weighted by atomic mass is 35.5. The fourth-order valence-corrected chi connectivity index (χ4v) is 2.44. The van der Waals surface area contributed by atoms with Crippen LogP contribution >= 0.6 is 23.2 Å². The van der Waals surface area contributed by atoms with E-state index in [-0.39, 0.29) is 6.10 Å². The van der Waals surface area contributed by atoms with E-state index in [9.17, 15) is 0 Å². The second-order valence-electron chi connectivity index (χ2n) is 5.38. The summed E-state index contributed by atoms with van der Waals surface area (Å²) in [6.45, 7) is 6.69. The highest BCUT2D eigenvalue weighted by Gasteiger charge is 2.12. The van der Waals surface area contributed by atoms with E-state index < -0.39 is 0 Å². The largest absolute Gasteiger partial charge is 0.489 e. The number of nitrogens with zero attached hydrogens (tertiary/aromatic N) is 1. The molecule has 5 heteroatoms. The molecule has 0 aliphatic heterocycles. The first-order chi connectivity index (χ1) is 9.40. The number of halogens is 2. The molecule has 114 valence electrons. The minimum atomic E-state index is 0.0844. The quantitative estimate of drug-likeness (QED) is 0.737. The minimum Gasteiger partial charge on any atom is -0.489 e. The first-order valence-corrected chi connectivity index (χ1v) is 7.65. The van der Waals surface area contributed by atoms with Crippen LogP contribution in [0.4, 0.5) is 0 Å². The molecule has 0 saturated heterocycles. The van der Waals surface area contributed by atoms with E-state index in [4.69, 9.17) is 27.9 Å². The SMILES string of the molecule is CC(C)Oc1c(Cl)cc(Cl)cc1CNCCCN(C)C. The normalized spacial score (nSPS) is 11.4. The molecule has 0 aromatic heterocycles. The van der Waals surface area contributed by atoms with Crippen molar-refractivity contribution in [2.75, 3.05) is 27.2 Å². The Kier molecular flexibility index (Phi) is 7.67. The van der Waals surface area contributed by atoms with Gasteiger partial charge in [-0.25, -0.2) is 0 Å². The first kappa shape index (κ1) is 17.6. The molecule has 0 fully saturated rings. The smallest absolute Gasteiger partial charge is 0.142 e. The van der Waals surface area contributed by atoms with Crippen LogP contribution in [0.5, 0.6) is 5.75 Å². The Hall–Kier alpha value is -0.480. The summed E-state index contributed by atoms with van der Waals surface area (Å²) in [6, 6.07) is 3.63. The molecule has 0 radical (unpaired) electrons. The Bertz CT molecular complexity index is 423. The molecule has 1 aromatic carbocycles. The van der Waals surface area contributed by atoms with Crippen LogP contribution in [0.15, 0.2) is 12.1 Å². The van der Waals surface area contributed by atoms with Crippen LogP contribution in [0.1, 0.15) is 25.8 Å². The molecule has 0 spiro atoms. The van der Waals surface area contributed by atoms with Crippen molar-refractivity contribution in [3.8, 4) is 5.75 Å². The number of benzene rings is 1. The van der Waals surface area contributed by atoms with Crippen LogP contribution in [0, 0.1) is 0 Å². The number of hydrogen-bond donors (Lipinski definition) is 1. The fraction of sp³-hybridized carbons (Fsp3) is 0.600. The van der Waals surface area contributed by atoms with Gasteiger partial charge >= 0.3 is 0 Å². The third-order valence-electron chi connectivity index (χ3n) is 2.71. The lowest BCUT2D eigenvalue weighted by atomic mass is 10.2. The highest BCUT2D eigenvalue weighted by Crippen LogP contribution is 2.33. The van der Waals surface area contributed by atoms with E-state index in [1.807, 2.05) is 19.9 Å². The summed E-state index contributed by atoms with van der Waals surface area (Å²) in [6.07, 6.45) is 1.18.